The lowest BCUT2D eigenvalue weighted by atomic mass is 9.93. The van der Waals surface area contributed by atoms with Crippen molar-refractivity contribution in [3.63, 3.8) is 0 Å². The molecule has 3 aromatic rings. The fourth-order valence-corrected chi connectivity index (χ4v) is 3.76. The SMILES string of the molecule is CC(C)(Cc1ccc2ccccc2c1)NC[C@@H](O)COc1ccc(CCC(=O)O)cc1C#N.Cl. The number of halogens is 1. The Bertz CT molecular complexity index is 1160. The molecule has 1 atom stereocenters. The van der Waals surface area contributed by atoms with Gasteiger partial charge >= 0.3 is 5.97 Å². The summed E-state index contributed by atoms with van der Waals surface area (Å²) in [6.45, 7) is 4.58. The van der Waals surface area contributed by atoms with Gasteiger partial charge in [0.15, 0.2) is 0 Å². The van der Waals surface area contributed by atoms with E-state index in [0.29, 0.717) is 24.3 Å². The molecule has 34 heavy (non-hydrogen) atoms. The first kappa shape index (κ1) is 27.1. The van der Waals surface area contributed by atoms with Gasteiger partial charge in [-0.05, 0) is 60.7 Å². The van der Waals surface area contributed by atoms with E-state index in [1.54, 1.807) is 18.2 Å². The number of aliphatic hydroxyl groups is 1. The Morgan fingerprint density at radius 1 is 1.09 bits per heavy atom. The molecule has 0 aliphatic heterocycles. The number of hydrogen-bond acceptors (Lipinski definition) is 5. The Balaban J connectivity index is 0.00000408. The van der Waals surface area contributed by atoms with E-state index >= 15 is 0 Å². The van der Waals surface area contributed by atoms with E-state index in [0.717, 1.165) is 12.0 Å². The van der Waals surface area contributed by atoms with Gasteiger partial charge in [-0.3, -0.25) is 4.79 Å². The zero-order chi connectivity index (χ0) is 23.8. The summed E-state index contributed by atoms with van der Waals surface area (Å²) in [6.07, 6.45) is 0.411. The predicted molar refractivity (Wildman–Crippen MR) is 136 cm³/mol. The number of β-amino-alcohol motifs (C(OH)–C–C–N with tert-alkyl or cyclic N) is 1. The molecule has 0 fully saturated rings. The van der Waals surface area contributed by atoms with E-state index in [9.17, 15) is 15.2 Å². The first-order chi connectivity index (χ1) is 15.8. The van der Waals surface area contributed by atoms with Crippen LogP contribution in [0.25, 0.3) is 10.8 Å². The summed E-state index contributed by atoms with van der Waals surface area (Å²) in [4.78, 5) is 10.7. The maximum absolute atomic E-state index is 10.7. The van der Waals surface area contributed by atoms with Crippen LogP contribution in [0.3, 0.4) is 0 Å². The summed E-state index contributed by atoms with van der Waals surface area (Å²) in [7, 11) is 0. The number of aliphatic carboxylic acids is 1. The van der Waals surface area contributed by atoms with Crippen molar-refractivity contribution in [1.82, 2.24) is 5.32 Å². The molecule has 0 aliphatic carbocycles. The fourth-order valence-electron chi connectivity index (χ4n) is 3.76. The quantitative estimate of drug-likeness (QED) is 0.372. The number of fused-ring (bicyclic) bond motifs is 1. The molecule has 0 amide bonds. The zero-order valence-electron chi connectivity index (χ0n) is 19.5. The van der Waals surface area contributed by atoms with Crippen LogP contribution in [-0.2, 0) is 17.6 Å². The molecular formula is C27H31ClN2O4. The first-order valence-electron chi connectivity index (χ1n) is 11.0. The van der Waals surface area contributed by atoms with E-state index in [2.05, 4.69) is 55.6 Å². The number of nitrogens with one attached hydrogen (secondary N) is 1. The number of benzene rings is 3. The van der Waals surface area contributed by atoms with Crippen LogP contribution in [0, 0.1) is 11.3 Å². The van der Waals surface area contributed by atoms with Crippen molar-refractivity contribution in [2.45, 2.75) is 44.8 Å². The molecule has 0 aliphatic rings. The fraction of sp³-hybridized carbons (Fsp3) is 0.333. The number of carboxylic acid groups (broad SMARTS) is 1. The Hall–Kier alpha value is -3.11. The Kier molecular flexibility index (Phi) is 9.88. The Labute approximate surface area is 206 Å². The van der Waals surface area contributed by atoms with Crippen LogP contribution in [-0.4, -0.2) is 41.0 Å². The van der Waals surface area contributed by atoms with Crippen LogP contribution < -0.4 is 10.1 Å². The van der Waals surface area contributed by atoms with Crippen molar-refractivity contribution in [2.24, 2.45) is 0 Å². The van der Waals surface area contributed by atoms with Gasteiger partial charge < -0.3 is 20.3 Å². The summed E-state index contributed by atoms with van der Waals surface area (Å²) < 4.78 is 5.67. The molecular weight excluding hydrogens is 452 g/mol. The van der Waals surface area contributed by atoms with Crippen molar-refractivity contribution < 1.29 is 19.7 Å². The molecule has 0 radical (unpaired) electrons. The minimum absolute atomic E-state index is 0. The van der Waals surface area contributed by atoms with Gasteiger partial charge in [0.25, 0.3) is 0 Å². The molecule has 0 unspecified atom stereocenters. The normalized spacial score (nSPS) is 11.9. The maximum Gasteiger partial charge on any atom is 0.303 e. The number of ether oxygens (including phenoxy) is 1. The topological polar surface area (TPSA) is 103 Å². The molecule has 3 N–H and O–H groups in total. The van der Waals surface area contributed by atoms with E-state index in [4.69, 9.17) is 9.84 Å². The van der Waals surface area contributed by atoms with Crippen LogP contribution in [0.2, 0.25) is 0 Å². The molecule has 0 saturated carbocycles. The van der Waals surface area contributed by atoms with Crippen molar-refractivity contribution >= 4 is 29.1 Å². The van der Waals surface area contributed by atoms with Crippen molar-refractivity contribution in [3.8, 4) is 11.8 Å². The first-order valence-corrected chi connectivity index (χ1v) is 11.0. The summed E-state index contributed by atoms with van der Waals surface area (Å²) in [5.74, 6) is -0.501. The van der Waals surface area contributed by atoms with Crippen LogP contribution >= 0.6 is 12.4 Å². The molecule has 7 heteroatoms. The average Bonchev–Trinajstić information content (AvgIpc) is 2.80. The number of nitriles is 1. The number of hydrogen-bond donors (Lipinski definition) is 3. The van der Waals surface area contributed by atoms with E-state index in [1.807, 2.05) is 12.1 Å². The summed E-state index contributed by atoms with van der Waals surface area (Å²) in [5, 5.41) is 34.4. The van der Waals surface area contributed by atoms with Crippen molar-refractivity contribution in [1.29, 1.82) is 5.26 Å². The van der Waals surface area contributed by atoms with Crippen molar-refractivity contribution in [3.05, 3.63) is 77.4 Å². The molecule has 0 saturated heterocycles. The van der Waals surface area contributed by atoms with Gasteiger partial charge in [-0.2, -0.15) is 5.26 Å². The highest BCUT2D eigenvalue weighted by Crippen LogP contribution is 2.21. The summed E-state index contributed by atoms with van der Waals surface area (Å²) in [5.41, 5.74) is 2.08. The lowest BCUT2D eigenvalue weighted by molar-refractivity contribution is -0.136. The van der Waals surface area contributed by atoms with E-state index in [-0.39, 0.29) is 31.0 Å². The number of carbonyl (C=O) groups is 1. The third-order valence-electron chi connectivity index (χ3n) is 5.50. The highest BCUT2D eigenvalue weighted by Gasteiger charge is 2.20. The van der Waals surface area contributed by atoms with Gasteiger partial charge in [0, 0.05) is 18.5 Å². The second kappa shape index (κ2) is 12.4. The van der Waals surface area contributed by atoms with Crippen LogP contribution in [0.4, 0.5) is 0 Å². The van der Waals surface area contributed by atoms with Gasteiger partial charge in [0.05, 0.1) is 5.56 Å². The van der Waals surface area contributed by atoms with Gasteiger partial charge in [0.1, 0.15) is 24.5 Å². The molecule has 0 heterocycles. The molecule has 0 spiro atoms. The smallest absolute Gasteiger partial charge is 0.303 e. The maximum atomic E-state index is 10.7. The number of rotatable bonds is 11. The minimum atomic E-state index is -0.881. The lowest BCUT2D eigenvalue weighted by Gasteiger charge is -2.28. The molecule has 0 aromatic heterocycles. The lowest BCUT2D eigenvalue weighted by Crippen LogP contribution is -2.46. The second-order valence-electron chi connectivity index (χ2n) is 8.92. The predicted octanol–water partition coefficient (Wildman–Crippen LogP) is 4.50. The average molecular weight is 483 g/mol. The monoisotopic (exact) mass is 482 g/mol. The van der Waals surface area contributed by atoms with Gasteiger partial charge in [-0.15, -0.1) is 12.4 Å². The molecule has 6 nitrogen and oxygen atoms in total. The number of nitrogens with zero attached hydrogens (tertiary/aromatic N) is 1. The molecule has 3 aromatic carbocycles. The zero-order valence-corrected chi connectivity index (χ0v) is 20.3. The van der Waals surface area contributed by atoms with E-state index in [1.165, 1.54) is 16.3 Å². The number of carboxylic acids is 1. The van der Waals surface area contributed by atoms with Gasteiger partial charge in [-0.25, -0.2) is 0 Å². The third-order valence-corrected chi connectivity index (χ3v) is 5.50. The number of aryl methyl sites for hydroxylation is 1. The standard InChI is InChI=1S/C27H30N2O4.ClH/c1-27(2,15-20-7-10-21-5-3-4-6-22(21)14-20)29-17-24(30)18-33-25-11-8-19(9-12-26(31)32)13-23(25)16-28;/h3-8,10-11,13-14,24,29-30H,9,12,15,17-18H2,1-2H3,(H,31,32);1H/t24-;/m1./s1. The summed E-state index contributed by atoms with van der Waals surface area (Å²) >= 11 is 0. The van der Waals surface area contributed by atoms with Crippen LogP contribution in [0.1, 0.15) is 37.0 Å². The molecule has 180 valence electrons. The molecule has 3 rings (SSSR count). The third kappa shape index (κ3) is 8.03. The Morgan fingerprint density at radius 3 is 2.50 bits per heavy atom. The van der Waals surface area contributed by atoms with Crippen molar-refractivity contribution in [2.75, 3.05) is 13.2 Å². The van der Waals surface area contributed by atoms with E-state index < -0.39 is 12.1 Å². The number of aliphatic hydroxyl groups excluding tert-OH is 1. The Morgan fingerprint density at radius 2 is 1.79 bits per heavy atom. The van der Waals surface area contributed by atoms with Crippen LogP contribution in [0.15, 0.2) is 60.7 Å². The highest BCUT2D eigenvalue weighted by atomic mass is 35.5. The van der Waals surface area contributed by atoms with Crippen LogP contribution in [0.5, 0.6) is 5.75 Å². The second-order valence-corrected chi connectivity index (χ2v) is 8.92. The highest BCUT2D eigenvalue weighted by molar-refractivity contribution is 5.85. The van der Waals surface area contributed by atoms with Gasteiger partial charge in [-0.1, -0.05) is 48.5 Å². The van der Waals surface area contributed by atoms with Gasteiger partial charge in [0.2, 0.25) is 0 Å². The minimum Gasteiger partial charge on any atom is -0.489 e. The summed E-state index contributed by atoms with van der Waals surface area (Å²) in [6, 6.07) is 21.8. The molecule has 0 bridgehead atoms. The largest absolute Gasteiger partial charge is 0.489 e.